The minimum Gasteiger partial charge on any atom is -0.469 e. The highest BCUT2D eigenvalue weighted by Crippen LogP contribution is 2.64. The van der Waals surface area contributed by atoms with Gasteiger partial charge < -0.3 is 18.9 Å². The lowest BCUT2D eigenvalue weighted by molar-refractivity contribution is -0.206. The summed E-state index contributed by atoms with van der Waals surface area (Å²) in [5, 5.41) is 0. The summed E-state index contributed by atoms with van der Waals surface area (Å²) in [6.07, 6.45) is 20.0. The molecule has 7 aliphatic carbocycles. The molecule has 6 bridgehead atoms. The number of cyclic esters (lactones) is 1. The Morgan fingerprint density at radius 1 is 0.679 bits per heavy atom. The van der Waals surface area contributed by atoms with Crippen LogP contribution in [0.2, 0.25) is 0 Å². The van der Waals surface area contributed by atoms with Crippen molar-refractivity contribution in [1.29, 1.82) is 0 Å². The van der Waals surface area contributed by atoms with Crippen LogP contribution < -0.4 is 0 Å². The minimum atomic E-state index is -0.362. The van der Waals surface area contributed by atoms with Crippen LogP contribution in [0, 0.1) is 63.1 Å². The predicted molar refractivity (Wildman–Crippen MR) is 221 cm³/mol. The van der Waals surface area contributed by atoms with Crippen molar-refractivity contribution in [2.45, 2.75) is 203 Å². The van der Waals surface area contributed by atoms with Crippen LogP contribution in [0.3, 0.4) is 0 Å². The smallest absolute Gasteiger partial charge is 0.312 e. The Morgan fingerprint density at radius 3 is 1.57 bits per heavy atom. The molecule has 8 fully saturated rings. The predicted octanol–water partition coefficient (Wildman–Crippen LogP) is 11.5. The molecule has 56 heavy (non-hydrogen) atoms. The molecule has 322 valence electrons. The highest BCUT2D eigenvalue weighted by atomic mass is 16.6. The summed E-state index contributed by atoms with van der Waals surface area (Å²) in [7, 11) is 1.42. The minimum absolute atomic E-state index is 0.00857. The zero-order valence-electron chi connectivity index (χ0n) is 38.0. The first-order valence-corrected chi connectivity index (χ1v) is 22.8. The van der Waals surface area contributed by atoms with E-state index in [1.165, 1.54) is 77.7 Å². The van der Waals surface area contributed by atoms with Crippen LogP contribution >= 0.6 is 0 Å². The zero-order chi connectivity index (χ0) is 41.9. The molecule has 7 saturated carbocycles. The first-order chi connectivity index (χ1) is 26.0. The Morgan fingerprint density at radius 2 is 1.14 bits per heavy atom. The van der Waals surface area contributed by atoms with E-state index in [0.717, 1.165) is 68.8 Å². The van der Waals surface area contributed by atoms with Crippen molar-refractivity contribution < 1.29 is 38.1 Å². The topological polar surface area (TPSA) is 105 Å². The molecule has 4 unspecified atom stereocenters. The molecular formula is C48H82O8. The Hall–Kier alpha value is -2.12. The summed E-state index contributed by atoms with van der Waals surface area (Å²) < 4.78 is 21.5. The summed E-state index contributed by atoms with van der Waals surface area (Å²) in [6, 6.07) is 0. The van der Waals surface area contributed by atoms with Gasteiger partial charge in [-0.15, -0.1) is 0 Å². The van der Waals surface area contributed by atoms with Crippen molar-refractivity contribution in [2.75, 3.05) is 13.7 Å². The van der Waals surface area contributed by atoms with Gasteiger partial charge in [-0.3, -0.25) is 19.2 Å². The maximum Gasteiger partial charge on any atom is 0.312 e. The molecule has 0 N–H and O–H groups in total. The van der Waals surface area contributed by atoms with Crippen molar-refractivity contribution in [3.05, 3.63) is 0 Å². The van der Waals surface area contributed by atoms with Crippen LogP contribution in [-0.4, -0.2) is 48.8 Å². The monoisotopic (exact) mass is 787 g/mol. The number of fused-ring (bicyclic) bond motifs is 5. The van der Waals surface area contributed by atoms with E-state index in [2.05, 4.69) is 32.4 Å². The van der Waals surface area contributed by atoms with E-state index in [1.54, 1.807) is 0 Å². The number of methoxy groups -OCH3 is 1. The molecule has 0 amide bonds. The average Bonchev–Trinajstić information content (AvgIpc) is 3.97. The Kier molecular flexibility index (Phi) is 15.0. The van der Waals surface area contributed by atoms with E-state index in [-0.39, 0.29) is 56.7 Å². The van der Waals surface area contributed by atoms with Gasteiger partial charge in [-0.1, -0.05) is 27.7 Å². The number of hydrogen-bond acceptors (Lipinski definition) is 8. The van der Waals surface area contributed by atoms with E-state index in [0.29, 0.717) is 17.8 Å². The molecule has 0 aromatic heterocycles. The van der Waals surface area contributed by atoms with Crippen LogP contribution in [0.1, 0.15) is 192 Å². The standard InChI is InChI=1S/C19H32O2.C13H24O2.C9H12O2.C7H14O2/c1-6-17(2,3)16(20)21-18(4,5)19-10-13-7-14(11-19)9-15(8-13)12-19;1-5-12(3,4)11(14)15-13(6-2)9-7-8-10-13;10-9-8-6-2-1-5(3-6)7(8)4-11-9;1-5-7(2,3)6(8)9-4/h13-15H,6-12H2,1-5H3;5-10H2,1-4H3;5-8H,1-4H2;5H2,1-4H3. The molecular weight excluding hydrogens is 705 g/mol. The van der Waals surface area contributed by atoms with Crippen LogP contribution in [0.15, 0.2) is 0 Å². The van der Waals surface area contributed by atoms with Crippen molar-refractivity contribution in [3.8, 4) is 0 Å². The molecule has 0 radical (unpaired) electrons. The van der Waals surface area contributed by atoms with E-state index < -0.39 is 0 Å². The van der Waals surface area contributed by atoms with E-state index in [4.69, 9.17) is 14.2 Å². The SMILES string of the molecule is CCC(C)(C)C(=O)OC.CCC(C)(C)C(=O)OC(C)(C)C12CC3CC(CC(C3)C1)C2.CCC1(OC(=O)C(C)(C)CC)CCCC1.O=C1OCC2C3CCC(C3)C12. The van der Waals surface area contributed by atoms with Crippen LogP contribution in [-0.2, 0) is 38.1 Å². The number of rotatable bonds is 10. The molecule has 8 heteroatoms. The van der Waals surface area contributed by atoms with Gasteiger partial charge in [0.15, 0.2) is 0 Å². The lowest BCUT2D eigenvalue weighted by Crippen LogP contribution is -2.58. The summed E-state index contributed by atoms with van der Waals surface area (Å²) >= 11 is 0. The third-order valence-electron chi connectivity index (χ3n) is 16.4. The third kappa shape index (κ3) is 10.2. The van der Waals surface area contributed by atoms with Gasteiger partial charge >= 0.3 is 23.9 Å². The quantitative estimate of drug-likeness (QED) is 0.159. The van der Waals surface area contributed by atoms with Crippen LogP contribution in [0.5, 0.6) is 0 Å². The Bertz CT molecular complexity index is 1330. The summed E-state index contributed by atoms with van der Waals surface area (Å²) in [4.78, 5) is 46.6. The molecule has 8 rings (SSSR count). The first-order valence-electron chi connectivity index (χ1n) is 22.8. The fraction of sp³-hybridized carbons (Fsp3) is 0.917. The van der Waals surface area contributed by atoms with Crippen molar-refractivity contribution in [1.82, 2.24) is 0 Å². The van der Waals surface area contributed by atoms with Crippen molar-refractivity contribution in [2.24, 2.45) is 63.1 Å². The number of esters is 4. The van der Waals surface area contributed by atoms with E-state index in [9.17, 15) is 19.2 Å². The fourth-order valence-corrected chi connectivity index (χ4v) is 11.2. The van der Waals surface area contributed by atoms with Gasteiger partial charge in [0, 0.05) is 11.3 Å². The second kappa shape index (κ2) is 18.0. The number of hydrogen-bond donors (Lipinski definition) is 0. The van der Waals surface area contributed by atoms with E-state index in [1.807, 2.05) is 55.4 Å². The number of carbonyl (C=O) groups excluding carboxylic acids is 4. The molecule has 1 heterocycles. The molecule has 8 nitrogen and oxygen atoms in total. The second-order valence-corrected chi connectivity index (χ2v) is 21.6. The van der Waals surface area contributed by atoms with Crippen molar-refractivity contribution >= 4 is 23.9 Å². The molecule has 1 saturated heterocycles. The maximum atomic E-state index is 12.6. The normalized spacial score (nSPS) is 32.1. The summed E-state index contributed by atoms with van der Waals surface area (Å²) in [5.74, 6) is 5.08. The zero-order valence-corrected chi connectivity index (χ0v) is 38.0. The van der Waals surface area contributed by atoms with Crippen LogP contribution in [0.25, 0.3) is 0 Å². The van der Waals surface area contributed by atoms with E-state index >= 15 is 0 Å². The molecule has 8 aliphatic rings. The second-order valence-electron chi connectivity index (χ2n) is 21.6. The van der Waals surface area contributed by atoms with Gasteiger partial charge in [-0.25, -0.2) is 0 Å². The number of carbonyl (C=O) groups is 4. The molecule has 0 aromatic carbocycles. The largest absolute Gasteiger partial charge is 0.469 e. The first kappa shape index (κ1) is 46.6. The molecule has 0 spiro atoms. The van der Waals surface area contributed by atoms with Gasteiger partial charge in [-0.05, 0) is 194 Å². The highest BCUT2D eigenvalue weighted by Gasteiger charge is 2.59. The van der Waals surface area contributed by atoms with Crippen molar-refractivity contribution in [3.63, 3.8) is 0 Å². The molecule has 4 atom stereocenters. The number of ether oxygens (including phenoxy) is 4. The Labute approximate surface area is 341 Å². The van der Waals surface area contributed by atoms with Gasteiger partial charge in [0.05, 0.1) is 35.9 Å². The molecule has 0 aromatic rings. The lowest BCUT2D eigenvalue weighted by atomic mass is 9.46. The summed E-state index contributed by atoms with van der Waals surface area (Å²) in [6.45, 7) is 25.0. The maximum absolute atomic E-state index is 12.6. The van der Waals surface area contributed by atoms with Crippen LogP contribution in [0.4, 0.5) is 0 Å². The van der Waals surface area contributed by atoms with Gasteiger partial charge in [0.2, 0.25) is 0 Å². The van der Waals surface area contributed by atoms with Gasteiger partial charge in [0.1, 0.15) is 11.2 Å². The van der Waals surface area contributed by atoms with Gasteiger partial charge in [0.25, 0.3) is 0 Å². The average molecular weight is 787 g/mol. The van der Waals surface area contributed by atoms with Gasteiger partial charge in [-0.2, -0.15) is 0 Å². The summed E-state index contributed by atoms with van der Waals surface area (Å²) in [5.41, 5.74) is -1.20. The molecule has 1 aliphatic heterocycles. The third-order valence-corrected chi connectivity index (χ3v) is 16.4. The Balaban J connectivity index is 0.000000175. The lowest BCUT2D eigenvalue weighted by Gasteiger charge is -2.61. The fourth-order valence-electron chi connectivity index (χ4n) is 11.2. The highest BCUT2D eigenvalue weighted by molar-refractivity contribution is 5.77.